The normalized spacial score (nSPS) is 13.9. The molecule has 0 amide bonds. The van der Waals surface area contributed by atoms with E-state index in [0.717, 1.165) is 42.4 Å². The Labute approximate surface area is 111 Å². The zero-order chi connectivity index (χ0) is 13.2. The molecular weight excluding hydrogens is 241 g/mol. The minimum atomic E-state index is -0.398. The molecule has 3 nitrogen and oxygen atoms in total. The predicted molar refractivity (Wildman–Crippen MR) is 69.1 cm³/mol. The number of hydrogen-bond donors (Lipinski definition) is 0. The van der Waals surface area contributed by atoms with Crippen LogP contribution < -0.4 is 0 Å². The SMILES string of the molecule is N#Cc1c(F)cc(Cn2cccn2)c2c1CCCC2. The maximum Gasteiger partial charge on any atom is 0.141 e. The Morgan fingerprint density at radius 2 is 2.11 bits per heavy atom. The zero-order valence-corrected chi connectivity index (χ0v) is 10.6. The standard InChI is InChI=1S/C15H14FN3/c16-15-8-11(10-19-7-3-6-18-19)12-4-1-2-5-13(12)14(15)9-17/h3,6-8H,1-2,4-5,10H2. The summed E-state index contributed by atoms with van der Waals surface area (Å²) in [6.07, 6.45) is 7.46. The maximum atomic E-state index is 14.0. The van der Waals surface area contributed by atoms with E-state index >= 15 is 0 Å². The van der Waals surface area contributed by atoms with E-state index in [1.54, 1.807) is 10.9 Å². The molecular formula is C15H14FN3. The molecule has 4 heteroatoms. The van der Waals surface area contributed by atoms with Crippen LogP contribution in [0.3, 0.4) is 0 Å². The number of aromatic nitrogens is 2. The van der Waals surface area contributed by atoms with Crippen LogP contribution in [0.2, 0.25) is 0 Å². The molecule has 1 heterocycles. The molecule has 0 saturated carbocycles. The van der Waals surface area contributed by atoms with Gasteiger partial charge in [-0.05, 0) is 54.5 Å². The van der Waals surface area contributed by atoms with Crippen LogP contribution in [0, 0.1) is 17.1 Å². The van der Waals surface area contributed by atoms with E-state index in [2.05, 4.69) is 5.10 Å². The molecule has 19 heavy (non-hydrogen) atoms. The maximum absolute atomic E-state index is 14.0. The van der Waals surface area contributed by atoms with Gasteiger partial charge in [0.05, 0.1) is 12.1 Å². The Kier molecular flexibility index (Phi) is 3.04. The van der Waals surface area contributed by atoms with E-state index in [0.29, 0.717) is 6.54 Å². The number of nitrogens with zero attached hydrogens (tertiary/aromatic N) is 3. The van der Waals surface area contributed by atoms with Crippen molar-refractivity contribution in [3.8, 4) is 6.07 Å². The average molecular weight is 255 g/mol. The predicted octanol–water partition coefficient (Wildman–Crippen LogP) is 2.82. The van der Waals surface area contributed by atoms with Crippen molar-refractivity contribution in [2.24, 2.45) is 0 Å². The highest BCUT2D eigenvalue weighted by Gasteiger charge is 2.20. The molecule has 96 valence electrons. The molecule has 2 aromatic rings. The summed E-state index contributed by atoms with van der Waals surface area (Å²) in [5.41, 5.74) is 3.25. The summed E-state index contributed by atoms with van der Waals surface area (Å²) in [7, 11) is 0. The number of nitriles is 1. The fourth-order valence-electron chi connectivity index (χ4n) is 2.82. The van der Waals surface area contributed by atoms with Gasteiger partial charge in [-0.1, -0.05) is 0 Å². The number of hydrogen-bond acceptors (Lipinski definition) is 2. The smallest absolute Gasteiger partial charge is 0.141 e. The van der Waals surface area contributed by atoms with Crippen LogP contribution >= 0.6 is 0 Å². The van der Waals surface area contributed by atoms with Gasteiger partial charge in [-0.15, -0.1) is 0 Å². The molecule has 1 aliphatic rings. The zero-order valence-electron chi connectivity index (χ0n) is 10.6. The molecule has 1 aromatic heterocycles. The molecule has 0 radical (unpaired) electrons. The molecule has 1 aliphatic carbocycles. The van der Waals surface area contributed by atoms with Gasteiger partial charge in [-0.25, -0.2) is 4.39 Å². The van der Waals surface area contributed by atoms with Gasteiger partial charge in [-0.2, -0.15) is 10.4 Å². The number of rotatable bonds is 2. The molecule has 0 bridgehead atoms. The van der Waals surface area contributed by atoms with Crippen LogP contribution in [-0.2, 0) is 19.4 Å². The van der Waals surface area contributed by atoms with E-state index in [9.17, 15) is 4.39 Å². The van der Waals surface area contributed by atoms with Crippen LogP contribution in [-0.4, -0.2) is 9.78 Å². The summed E-state index contributed by atoms with van der Waals surface area (Å²) in [4.78, 5) is 0. The summed E-state index contributed by atoms with van der Waals surface area (Å²) in [5, 5.41) is 13.3. The van der Waals surface area contributed by atoms with Gasteiger partial charge in [0.2, 0.25) is 0 Å². The lowest BCUT2D eigenvalue weighted by Gasteiger charge is -2.21. The van der Waals surface area contributed by atoms with Crippen molar-refractivity contribution in [3.63, 3.8) is 0 Å². The van der Waals surface area contributed by atoms with Crippen molar-refractivity contribution >= 4 is 0 Å². The third kappa shape index (κ3) is 2.12. The van der Waals surface area contributed by atoms with Crippen molar-refractivity contribution in [2.45, 2.75) is 32.2 Å². The van der Waals surface area contributed by atoms with Crippen LogP contribution in [0.15, 0.2) is 24.5 Å². The van der Waals surface area contributed by atoms with Gasteiger partial charge >= 0.3 is 0 Å². The van der Waals surface area contributed by atoms with Crippen molar-refractivity contribution in [3.05, 3.63) is 52.6 Å². The minimum absolute atomic E-state index is 0.235. The largest absolute Gasteiger partial charge is 0.268 e. The molecule has 0 atom stereocenters. The van der Waals surface area contributed by atoms with Crippen LogP contribution in [0.5, 0.6) is 0 Å². The number of benzene rings is 1. The van der Waals surface area contributed by atoms with Gasteiger partial charge in [0.25, 0.3) is 0 Å². The summed E-state index contributed by atoms with van der Waals surface area (Å²) < 4.78 is 15.8. The van der Waals surface area contributed by atoms with Crippen LogP contribution in [0.1, 0.15) is 35.1 Å². The van der Waals surface area contributed by atoms with Gasteiger partial charge < -0.3 is 0 Å². The van der Waals surface area contributed by atoms with Gasteiger partial charge in [0.15, 0.2) is 0 Å². The average Bonchev–Trinajstić information content (AvgIpc) is 2.92. The van der Waals surface area contributed by atoms with Crippen molar-refractivity contribution < 1.29 is 4.39 Å². The molecule has 0 N–H and O–H groups in total. The fourth-order valence-corrected chi connectivity index (χ4v) is 2.82. The fraction of sp³-hybridized carbons (Fsp3) is 0.333. The monoisotopic (exact) mass is 255 g/mol. The molecule has 0 saturated heterocycles. The van der Waals surface area contributed by atoms with Gasteiger partial charge in [-0.3, -0.25) is 4.68 Å². The Balaban J connectivity index is 2.10. The molecule has 0 aliphatic heterocycles. The molecule has 0 fully saturated rings. The molecule has 1 aromatic carbocycles. The first kappa shape index (κ1) is 11.9. The highest BCUT2D eigenvalue weighted by molar-refractivity contribution is 5.49. The number of halogens is 1. The van der Waals surface area contributed by atoms with Crippen molar-refractivity contribution in [1.29, 1.82) is 5.26 Å². The Bertz CT molecular complexity index is 638. The molecule has 3 rings (SSSR count). The minimum Gasteiger partial charge on any atom is -0.268 e. The van der Waals surface area contributed by atoms with E-state index in [1.807, 2.05) is 18.3 Å². The van der Waals surface area contributed by atoms with Gasteiger partial charge in [0, 0.05) is 12.4 Å². The lowest BCUT2D eigenvalue weighted by Crippen LogP contribution is -2.13. The Hall–Kier alpha value is -2.15. The van der Waals surface area contributed by atoms with E-state index in [-0.39, 0.29) is 5.56 Å². The Morgan fingerprint density at radius 3 is 2.79 bits per heavy atom. The number of fused-ring (bicyclic) bond motifs is 1. The second-order valence-electron chi connectivity index (χ2n) is 4.87. The summed E-state index contributed by atoms with van der Waals surface area (Å²) in [6, 6.07) is 5.37. The first-order chi connectivity index (χ1) is 9.29. The van der Waals surface area contributed by atoms with Gasteiger partial charge in [0.1, 0.15) is 11.9 Å². The quantitative estimate of drug-likeness (QED) is 0.828. The molecule has 0 spiro atoms. The molecule has 0 unspecified atom stereocenters. The summed E-state index contributed by atoms with van der Waals surface area (Å²) in [5.74, 6) is -0.398. The second-order valence-corrected chi connectivity index (χ2v) is 4.87. The lowest BCUT2D eigenvalue weighted by atomic mass is 9.85. The summed E-state index contributed by atoms with van der Waals surface area (Å²) >= 11 is 0. The third-order valence-electron chi connectivity index (χ3n) is 3.70. The second kappa shape index (κ2) is 4.85. The first-order valence-electron chi connectivity index (χ1n) is 6.50. The van der Waals surface area contributed by atoms with E-state index in [4.69, 9.17) is 5.26 Å². The van der Waals surface area contributed by atoms with Crippen LogP contribution in [0.4, 0.5) is 4.39 Å². The topological polar surface area (TPSA) is 41.6 Å². The lowest BCUT2D eigenvalue weighted by molar-refractivity contribution is 0.594. The van der Waals surface area contributed by atoms with E-state index < -0.39 is 5.82 Å². The third-order valence-corrected chi connectivity index (χ3v) is 3.70. The van der Waals surface area contributed by atoms with Crippen molar-refractivity contribution in [1.82, 2.24) is 9.78 Å². The summed E-state index contributed by atoms with van der Waals surface area (Å²) in [6.45, 7) is 0.567. The van der Waals surface area contributed by atoms with Crippen molar-refractivity contribution in [2.75, 3.05) is 0 Å². The highest BCUT2D eigenvalue weighted by Crippen LogP contribution is 2.29. The van der Waals surface area contributed by atoms with E-state index in [1.165, 1.54) is 6.07 Å². The van der Waals surface area contributed by atoms with Crippen LogP contribution in [0.25, 0.3) is 0 Å². The first-order valence-corrected chi connectivity index (χ1v) is 6.50. The Morgan fingerprint density at radius 1 is 1.32 bits per heavy atom. The highest BCUT2D eigenvalue weighted by atomic mass is 19.1.